The van der Waals surface area contributed by atoms with E-state index in [0.29, 0.717) is 0 Å². The summed E-state index contributed by atoms with van der Waals surface area (Å²) in [6.45, 7) is 0. The normalized spacial score (nSPS) is 2.00. The van der Waals surface area contributed by atoms with Crippen molar-refractivity contribution in [1.82, 2.24) is 0 Å². The highest BCUT2D eigenvalue weighted by Gasteiger charge is 1.03. The fourth-order valence-electron chi connectivity index (χ4n) is 0. The van der Waals surface area contributed by atoms with E-state index in [1.54, 1.807) is 0 Å². The van der Waals surface area contributed by atoms with Gasteiger partial charge in [-0.2, -0.15) is 0 Å². The Balaban J connectivity index is 0. The number of terminal acetylenes is 1. The van der Waals surface area contributed by atoms with Gasteiger partial charge in [0.25, 0.3) is 0 Å². The van der Waals surface area contributed by atoms with Crippen LogP contribution in [0.2, 0.25) is 0 Å². The first kappa shape index (κ1) is 9.05. The molecule has 0 unspecified atom stereocenters. The summed E-state index contributed by atoms with van der Waals surface area (Å²) in [6.07, 6.45) is 8.75. The van der Waals surface area contributed by atoms with Crippen LogP contribution in [0.25, 0.3) is 0 Å². The van der Waals surface area contributed by atoms with Crippen LogP contribution < -0.4 is 0 Å². The van der Waals surface area contributed by atoms with Crippen LogP contribution in [-0.2, 0) is 4.79 Å². The van der Waals surface area contributed by atoms with Gasteiger partial charge >= 0.3 is 0 Å². The van der Waals surface area contributed by atoms with Gasteiger partial charge in [0.2, 0.25) is 6.08 Å². The minimum absolute atomic E-state index is 0.750. The summed E-state index contributed by atoms with van der Waals surface area (Å²) < 4.78 is 0. The Morgan fingerprint density at radius 1 is 1.60 bits per heavy atom. The second kappa shape index (κ2) is 3070. The van der Waals surface area contributed by atoms with Crippen molar-refractivity contribution in [3.05, 3.63) is 0 Å². The maximum absolute atomic E-state index is 8.35. The molecule has 1 N–H and O–H groups in total. The third kappa shape index (κ3) is 2.31. The monoisotopic (exact) mass is 69.0 g/mol. The molecule has 0 aliphatic rings. The fourth-order valence-corrected chi connectivity index (χ4v) is 0. The molecule has 0 amide bonds. The number of hydrogen-bond donors (Lipinski definition) is 1. The zero-order valence-electron chi connectivity index (χ0n) is 2.56. The number of rotatable bonds is 0. The van der Waals surface area contributed by atoms with Crippen LogP contribution in [0.3, 0.4) is 0 Å². The molecule has 0 aliphatic carbocycles. The molecule has 0 aromatic rings. The summed E-state index contributed by atoms with van der Waals surface area (Å²) in [6, 6.07) is 0. The molecule has 2 nitrogen and oxygen atoms in total. The lowest BCUT2D eigenvalue weighted by atomic mass is 11.4. The van der Waals surface area contributed by atoms with E-state index in [1.807, 2.05) is 0 Å². The van der Waals surface area contributed by atoms with E-state index < -0.39 is 0 Å². The summed E-state index contributed by atoms with van der Waals surface area (Å²) in [5.74, 6) is 0. The highest BCUT2D eigenvalue weighted by atomic mass is 16.1. The Morgan fingerprint density at radius 2 is 1.60 bits per heavy atom. The molecule has 0 rings (SSSR count). The Morgan fingerprint density at radius 3 is 1.60 bits per heavy atom. The maximum Gasteiger partial charge on any atom is 0.231 e. The Kier molecular flexibility index (Phi) is 5560. The van der Waals surface area contributed by atoms with Crippen LogP contribution in [0.4, 0.5) is 0 Å². The molecule has 0 spiro atoms. The summed E-state index contributed by atoms with van der Waals surface area (Å²) in [7, 11) is 0. The molecule has 0 fully saturated rings. The molecule has 0 radical (unpaired) electrons. The molecule has 0 aromatic heterocycles. The molecule has 2 heteroatoms. The molecule has 0 atom stereocenters. The molecule has 0 saturated carbocycles. The largest absolute Gasteiger partial charge is 0.231 e. The quantitative estimate of drug-likeness (QED) is 0.245. The maximum atomic E-state index is 8.35. The fraction of sp³-hybridized carbons (Fsp3) is 0. The molecule has 26 valence electrons. The minimum Gasteiger partial charge on any atom is -0.222 e. The van der Waals surface area contributed by atoms with Gasteiger partial charge in [-0.05, 0) is 0 Å². The zero-order valence-corrected chi connectivity index (χ0v) is 2.56. The molecule has 0 aromatic carbocycles. The number of carbonyl (C=O) groups excluding carboxylic acids is 1. The number of nitrogens with one attached hydrogen (secondary N) is 1. The predicted octanol–water partition coefficient (Wildman–Crippen LogP) is 0.150. The first-order valence-electron chi connectivity index (χ1n) is 0.787. The lowest BCUT2D eigenvalue weighted by Crippen LogP contribution is -1.16. The van der Waals surface area contributed by atoms with Gasteiger partial charge in [-0.25, -0.2) is 10.2 Å². The van der Waals surface area contributed by atoms with Gasteiger partial charge in [-0.1, -0.05) is 0 Å². The van der Waals surface area contributed by atoms with Crippen molar-refractivity contribution in [2.45, 2.75) is 0 Å². The van der Waals surface area contributed by atoms with Crippen molar-refractivity contribution in [2.75, 3.05) is 0 Å². The van der Waals surface area contributed by atoms with Gasteiger partial charge in [-0.3, -0.25) is 0 Å². The van der Waals surface area contributed by atoms with E-state index in [0.717, 1.165) is 6.08 Å². The van der Waals surface area contributed by atoms with Crippen LogP contribution in [0.15, 0.2) is 0 Å². The van der Waals surface area contributed by atoms with Gasteiger partial charge in [-0.15, -0.1) is 12.8 Å². The second-order valence-electron chi connectivity index (χ2n) is 0.102. The second-order valence-corrected chi connectivity index (χ2v) is 0.102. The van der Waals surface area contributed by atoms with Crippen molar-refractivity contribution in [3.8, 4) is 12.8 Å². The average Bonchev–Trinajstić information content (AvgIpc) is 1.46. The molecular formula is C3H3NO. The van der Waals surface area contributed by atoms with E-state index >= 15 is 0 Å². The van der Waals surface area contributed by atoms with Crippen molar-refractivity contribution >= 4 is 6.08 Å². The van der Waals surface area contributed by atoms with Gasteiger partial charge in [0.05, 0.1) is 0 Å². The van der Waals surface area contributed by atoms with E-state index in [2.05, 4.69) is 12.8 Å². The van der Waals surface area contributed by atoms with Crippen LogP contribution >= 0.6 is 0 Å². The molecule has 0 heterocycles. The Labute approximate surface area is 30.3 Å². The number of isocyanates is 1. The van der Waals surface area contributed by atoms with Crippen molar-refractivity contribution in [1.29, 1.82) is 5.41 Å². The Hall–Kier alpha value is -1.06. The van der Waals surface area contributed by atoms with Crippen LogP contribution in [0, 0.1) is 18.3 Å². The minimum atomic E-state index is 0.750. The first-order valence-corrected chi connectivity index (χ1v) is 0.787. The standard InChI is InChI=1S/C2H2.CHNO/c1-2;2-1-3/h1-2H;2H. The van der Waals surface area contributed by atoms with Crippen molar-refractivity contribution in [3.63, 3.8) is 0 Å². The summed E-state index contributed by atoms with van der Waals surface area (Å²) in [5, 5.41) is 5.40. The molecular weight excluding hydrogens is 66.0 g/mol. The van der Waals surface area contributed by atoms with Crippen LogP contribution in [0.1, 0.15) is 0 Å². The van der Waals surface area contributed by atoms with E-state index in [4.69, 9.17) is 10.2 Å². The Bertz CT molecular complexity index is 49.2. The van der Waals surface area contributed by atoms with Gasteiger partial charge in [0.15, 0.2) is 0 Å². The SMILES string of the molecule is C#C.N=C=O. The number of hydrogen-bond acceptors (Lipinski definition) is 2. The van der Waals surface area contributed by atoms with E-state index in [9.17, 15) is 0 Å². The van der Waals surface area contributed by atoms with E-state index in [1.165, 1.54) is 0 Å². The third-order valence-corrected chi connectivity index (χ3v) is 0. The van der Waals surface area contributed by atoms with Crippen molar-refractivity contribution < 1.29 is 4.79 Å². The average molecular weight is 69.1 g/mol. The van der Waals surface area contributed by atoms with Gasteiger partial charge < -0.3 is 0 Å². The molecule has 0 saturated heterocycles. The highest BCUT2D eigenvalue weighted by Crippen LogP contribution is 0.868. The topological polar surface area (TPSA) is 40.9 Å². The van der Waals surface area contributed by atoms with E-state index in [-0.39, 0.29) is 0 Å². The van der Waals surface area contributed by atoms with Crippen molar-refractivity contribution in [2.24, 2.45) is 0 Å². The summed E-state index contributed by atoms with van der Waals surface area (Å²) >= 11 is 0. The first-order chi connectivity index (χ1) is 2.41. The molecule has 5 heavy (non-hydrogen) atoms. The highest BCUT2D eigenvalue weighted by molar-refractivity contribution is 5.26. The smallest absolute Gasteiger partial charge is 0.222 e. The molecule has 0 bridgehead atoms. The van der Waals surface area contributed by atoms with Gasteiger partial charge in [0.1, 0.15) is 0 Å². The molecule has 0 aliphatic heterocycles. The summed E-state index contributed by atoms with van der Waals surface area (Å²) in [5.41, 5.74) is 0. The van der Waals surface area contributed by atoms with Crippen LogP contribution in [0.5, 0.6) is 0 Å². The third-order valence-electron chi connectivity index (χ3n) is 0. The van der Waals surface area contributed by atoms with Crippen LogP contribution in [-0.4, -0.2) is 6.08 Å². The predicted molar refractivity (Wildman–Crippen MR) is 18.3 cm³/mol. The lowest BCUT2D eigenvalue weighted by molar-refractivity contribution is 0.563. The van der Waals surface area contributed by atoms with Gasteiger partial charge in [0, 0.05) is 0 Å². The lowest BCUT2D eigenvalue weighted by Gasteiger charge is -1.02. The zero-order chi connectivity index (χ0) is 4.71. The summed E-state index contributed by atoms with van der Waals surface area (Å²) in [4.78, 5) is 8.35.